The smallest absolute Gasteiger partial charge is 0.255 e. The molecule has 0 radical (unpaired) electrons. The molecule has 0 saturated carbocycles. The second-order valence-electron chi connectivity index (χ2n) is 7.37. The van der Waals surface area contributed by atoms with Gasteiger partial charge < -0.3 is 5.32 Å². The van der Waals surface area contributed by atoms with E-state index in [1.807, 2.05) is 42.5 Å². The summed E-state index contributed by atoms with van der Waals surface area (Å²) in [6, 6.07) is 23.0. The molecule has 0 aliphatic carbocycles. The molecule has 4 rings (SSSR count). The molecular weight excluding hydrogens is 460 g/mol. The third-order valence-electron chi connectivity index (χ3n) is 5.05. The molecular formula is C24H21ClN4O3S. The van der Waals surface area contributed by atoms with Gasteiger partial charge in [-0.1, -0.05) is 54.1 Å². The molecule has 3 N–H and O–H groups in total. The first-order chi connectivity index (χ1) is 15.8. The van der Waals surface area contributed by atoms with E-state index in [9.17, 15) is 13.2 Å². The minimum Gasteiger partial charge on any atom is -0.352 e. The number of aromatic nitrogens is 2. The first kappa shape index (κ1) is 22.7. The SMILES string of the molecule is NS(=O)(=O)c1ccc(CCNC(=O)c2cn(-c3ccccc3)nc2-c2ccc(Cl)cc2)cc1. The lowest BCUT2D eigenvalue weighted by Gasteiger charge is -2.06. The number of hydrogen-bond donors (Lipinski definition) is 2. The van der Waals surface area contributed by atoms with Crippen molar-refractivity contribution >= 4 is 27.5 Å². The zero-order valence-electron chi connectivity index (χ0n) is 17.5. The van der Waals surface area contributed by atoms with E-state index >= 15 is 0 Å². The molecule has 0 aliphatic heterocycles. The van der Waals surface area contributed by atoms with Crippen LogP contribution in [0.15, 0.2) is 90.0 Å². The summed E-state index contributed by atoms with van der Waals surface area (Å²) in [7, 11) is -3.73. The molecule has 168 valence electrons. The molecule has 1 amide bonds. The number of rotatable bonds is 7. The molecule has 0 fully saturated rings. The highest BCUT2D eigenvalue weighted by atomic mass is 35.5. The van der Waals surface area contributed by atoms with E-state index in [0.717, 1.165) is 16.8 Å². The van der Waals surface area contributed by atoms with Crippen molar-refractivity contribution in [3.8, 4) is 16.9 Å². The maximum absolute atomic E-state index is 13.0. The monoisotopic (exact) mass is 480 g/mol. The molecule has 3 aromatic carbocycles. The van der Waals surface area contributed by atoms with Gasteiger partial charge in [0, 0.05) is 23.3 Å². The van der Waals surface area contributed by atoms with Crippen LogP contribution in [0.5, 0.6) is 0 Å². The molecule has 0 unspecified atom stereocenters. The van der Waals surface area contributed by atoms with Crippen molar-refractivity contribution < 1.29 is 13.2 Å². The van der Waals surface area contributed by atoms with Crippen LogP contribution in [0.4, 0.5) is 0 Å². The number of halogens is 1. The number of sulfonamides is 1. The van der Waals surface area contributed by atoms with Crippen LogP contribution >= 0.6 is 11.6 Å². The van der Waals surface area contributed by atoms with Crippen LogP contribution in [0.25, 0.3) is 16.9 Å². The highest BCUT2D eigenvalue weighted by Gasteiger charge is 2.18. The van der Waals surface area contributed by atoms with E-state index < -0.39 is 10.0 Å². The van der Waals surface area contributed by atoms with Crippen molar-refractivity contribution in [2.24, 2.45) is 5.14 Å². The molecule has 0 aliphatic rings. The van der Waals surface area contributed by atoms with Gasteiger partial charge in [-0.25, -0.2) is 18.2 Å². The Morgan fingerprint density at radius 3 is 2.27 bits per heavy atom. The van der Waals surface area contributed by atoms with Gasteiger partial charge in [0.25, 0.3) is 5.91 Å². The van der Waals surface area contributed by atoms with Crippen molar-refractivity contribution in [3.63, 3.8) is 0 Å². The number of amides is 1. The van der Waals surface area contributed by atoms with E-state index in [0.29, 0.717) is 29.2 Å². The quantitative estimate of drug-likeness (QED) is 0.419. The first-order valence-corrected chi connectivity index (χ1v) is 12.0. The molecule has 7 nitrogen and oxygen atoms in total. The summed E-state index contributed by atoms with van der Waals surface area (Å²) < 4.78 is 24.4. The lowest BCUT2D eigenvalue weighted by Crippen LogP contribution is -2.26. The molecule has 1 aromatic heterocycles. The van der Waals surface area contributed by atoms with Gasteiger partial charge in [0.2, 0.25) is 10.0 Å². The van der Waals surface area contributed by atoms with Gasteiger partial charge in [0.15, 0.2) is 0 Å². The third kappa shape index (κ3) is 5.48. The fourth-order valence-corrected chi connectivity index (χ4v) is 3.98. The van der Waals surface area contributed by atoms with Crippen molar-refractivity contribution in [2.45, 2.75) is 11.3 Å². The largest absolute Gasteiger partial charge is 0.352 e. The number of carbonyl (C=O) groups excluding carboxylic acids is 1. The van der Waals surface area contributed by atoms with Gasteiger partial charge in [-0.15, -0.1) is 0 Å². The summed E-state index contributed by atoms with van der Waals surface area (Å²) >= 11 is 6.02. The summed E-state index contributed by atoms with van der Waals surface area (Å²) in [6.45, 7) is 0.365. The number of nitrogens with two attached hydrogens (primary N) is 1. The Kier molecular flexibility index (Phi) is 6.60. The molecule has 0 atom stereocenters. The molecule has 0 bridgehead atoms. The zero-order valence-corrected chi connectivity index (χ0v) is 19.1. The van der Waals surface area contributed by atoms with Gasteiger partial charge in [-0.05, 0) is 48.4 Å². The van der Waals surface area contributed by atoms with Gasteiger partial charge in [-0.2, -0.15) is 5.10 Å². The van der Waals surface area contributed by atoms with Crippen LogP contribution in [0.2, 0.25) is 5.02 Å². The van der Waals surface area contributed by atoms with Crippen LogP contribution in [0.1, 0.15) is 15.9 Å². The average molecular weight is 481 g/mol. The Hall–Kier alpha value is -3.46. The minimum absolute atomic E-state index is 0.0521. The summed E-state index contributed by atoms with van der Waals surface area (Å²) in [5.74, 6) is -0.261. The predicted molar refractivity (Wildman–Crippen MR) is 128 cm³/mol. The van der Waals surface area contributed by atoms with Crippen molar-refractivity contribution in [1.82, 2.24) is 15.1 Å². The summed E-state index contributed by atoms with van der Waals surface area (Å²) in [6.07, 6.45) is 2.23. The Morgan fingerprint density at radius 2 is 1.64 bits per heavy atom. The van der Waals surface area contributed by atoms with Crippen molar-refractivity contribution in [2.75, 3.05) is 6.54 Å². The first-order valence-electron chi connectivity index (χ1n) is 10.1. The van der Waals surface area contributed by atoms with Crippen LogP contribution in [0, 0.1) is 0 Å². The Balaban J connectivity index is 1.53. The van der Waals surface area contributed by atoms with E-state index in [1.165, 1.54) is 12.1 Å². The van der Waals surface area contributed by atoms with E-state index in [-0.39, 0.29) is 10.8 Å². The topological polar surface area (TPSA) is 107 Å². The van der Waals surface area contributed by atoms with Gasteiger partial charge in [0.05, 0.1) is 16.1 Å². The van der Waals surface area contributed by atoms with Crippen molar-refractivity contribution in [3.05, 3.63) is 101 Å². The summed E-state index contributed by atoms with van der Waals surface area (Å²) in [5, 5.41) is 13.3. The number of nitrogens with one attached hydrogen (secondary N) is 1. The third-order valence-corrected chi connectivity index (χ3v) is 6.23. The van der Waals surface area contributed by atoms with E-state index in [2.05, 4.69) is 10.4 Å². The van der Waals surface area contributed by atoms with Gasteiger partial charge >= 0.3 is 0 Å². The van der Waals surface area contributed by atoms with Gasteiger partial charge in [0.1, 0.15) is 5.69 Å². The molecule has 1 heterocycles. The van der Waals surface area contributed by atoms with E-state index in [1.54, 1.807) is 35.1 Å². The van der Waals surface area contributed by atoms with E-state index in [4.69, 9.17) is 16.7 Å². The Labute approximate surface area is 196 Å². The fraction of sp³-hybridized carbons (Fsp3) is 0.0833. The number of carbonyl (C=O) groups is 1. The average Bonchev–Trinajstić information content (AvgIpc) is 3.25. The van der Waals surface area contributed by atoms with Gasteiger partial charge in [-0.3, -0.25) is 4.79 Å². The highest BCUT2D eigenvalue weighted by molar-refractivity contribution is 7.89. The minimum atomic E-state index is -3.73. The van der Waals surface area contributed by atoms with Crippen LogP contribution in [-0.2, 0) is 16.4 Å². The fourth-order valence-electron chi connectivity index (χ4n) is 3.34. The number of primary sulfonamides is 1. The molecule has 9 heteroatoms. The second-order valence-corrected chi connectivity index (χ2v) is 9.37. The summed E-state index contributed by atoms with van der Waals surface area (Å²) in [5.41, 5.74) is 3.47. The van der Waals surface area contributed by atoms with Crippen LogP contribution < -0.4 is 10.5 Å². The molecule has 0 saturated heterocycles. The zero-order chi connectivity index (χ0) is 23.4. The molecule has 0 spiro atoms. The second kappa shape index (κ2) is 9.58. The standard InChI is InChI=1S/C24H21ClN4O3S/c25-19-10-8-18(9-11-19)23-22(16-29(28-23)20-4-2-1-3-5-20)24(30)27-15-14-17-6-12-21(13-7-17)33(26,31)32/h1-13,16H,14-15H2,(H,27,30)(H2,26,31,32). The maximum Gasteiger partial charge on any atom is 0.255 e. The molecule has 4 aromatic rings. The predicted octanol–water partition coefficient (Wildman–Crippen LogP) is 3.81. The molecule has 33 heavy (non-hydrogen) atoms. The lowest BCUT2D eigenvalue weighted by molar-refractivity contribution is 0.0954. The number of nitrogens with zero attached hydrogens (tertiary/aromatic N) is 2. The van der Waals surface area contributed by atoms with Crippen molar-refractivity contribution in [1.29, 1.82) is 0 Å². The van der Waals surface area contributed by atoms with Crippen LogP contribution in [-0.4, -0.2) is 30.7 Å². The maximum atomic E-state index is 13.0. The number of benzene rings is 3. The Bertz CT molecular complexity index is 1370. The van der Waals surface area contributed by atoms with Crippen LogP contribution in [0.3, 0.4) is 0 Å². The summed E-state index contributed by atoms with van der Waals surface area (Å²) in [4.78, 5) is 13.1. The number of hydrogen-bond acceptors (Lipinski definition) is 4. The Morgan fingerprint density at radius 1 is 0.970 bits per heavy atom. The highest BCUT2D eigenvalue weighted by Crippen LogP contribution is 2.25. The number of para-hydroxylation sites is 1. The lowest BCUT2D eigenvalue weighted by atomic mass is 10.1. The normalized spacial score (nSPS) is 11.3.